The molecule has 1 unspecified atom stereocenters. The van der Waals surface area contributed by atoms with Crippen LogP contribution in [0.25, 0.3) is 11.0 Å². The molecule has 1 saturated heterocycles. The molecule has 0 bridgehead atoms. The van der Waals surface area contributed by atoms with E-state index >= 15 is 0 Å². The van der Waals surface area contributed by atoms with Crippen LogP contribution in [-0.2, 0) is 7.05 Å². The summed E-state index contributed by atoms with van der Waals surface area (Å²) in [5, 5.41) is 3.02. The maximum atomic E-state index is 13.0. The van der Waals surface area contributed by atoms with Gasteiger partial charge in [0.1, 0.15) is 5.65 Å². The van der Waals surface area contributed by atoms with E-state index in [1.54, 1.807) is 17.0 Å². The molecule has 30 heavy (non-hydrogen) atoms. The quantitative estimate of drug-likeness (QED) is 0.643. The van der Waals surface area contributed by atoms with Crippen molar-refractivity contribution in [3.05, 3.63) is 62.8 Å². The number of H-pyrrole nitrogens is 1. The standard InChI is InChI=1S/C20H21N5O5/c1-24-16-14(17(26)23-20(24)29)8-13(10-21-16)19(28)25-6-2-4-12(11-25)9-22-18(27)15-5-3-7-30-15/h3,5,7-8,10,12H,2,4,6,9,11H2,1H3,(H,22,27)(H,23,26,29). The van der Waals surface area contributed by atoms with E-state index in [0.717, 1.165) is 12.8 Å². The summed E-state index contributed by atoms with van der Waals surface area (Å²) in [6.45, 7) is 1.50. The summed E-state index contributed by atoms with van der Waals surface area (Å²) >= 11 is 0. The number of fused-ring (bicyclic) bond motifs is 1. The first-order valence-corrected chi connectivity index (χ1v) is 9.64. The number of carbonyl (C=O) groups excluding carboxylic acids is 2. The molecule has 0 saturated carbocycles. The van der Waals surface area contributed by atoms with Crippen LogP contribution in [0.2, 0.25) is 0 Å². The minimum atomic E-state index is -0.576. The van der Waals surface area contributed by atoms with Gasteiger partial charge in [-0.2, -0.15) is 0 Å². The van der Waals surface area contributed by atoms with Crippen LogP contribution in [0.15, 0.2) is 44.7 Å². The number of rotatable bonds is 4. The summed E-state index contributed by atoms with van der Waals surface area (Å²) in [6, 6.07) is 4.71. The zero-order valence-electron chi connectivity index (χ0n) is 16.4. The van der Waals surface area contributed by atoms with Crippen molar-refractivity contribution < 1.29 is 14.0 Å². The van der Waals surface area contributed by atoms with Crippen LogP contribution < -0.4 is 16.6 Å². The Labute approximate surface area is 170 Å². The molecular formula is C20H21N5O5. The minimum absolute atomic E-state index is 0.110. The highest BCUT2D eigenvalue weighted by Crippen LogP contribution is 2.19. The van der Waals surface area contributed by atoms with Crippen LogP contribution in [0, 0.1) is 5.92 Å². The van der Waals surface area contributed by atoms with Crippen molar-refractivity contribution in [3.8, 4) is 0 Å². The molecule has 1 atom stereocenters. The summed E-state index contributed by atoms with van der Waals surface area (Å²) in [6.07, 6.45) is 4.52. The van der Waals surface area contributed by atoms with Crippen molar-refractivity contribution in [1.82, 2.24) is 24.8 Å². The number of nitrogens with one attached hydrogen (secondary N) is 2. The lowest BCUT2D eigenvalue weighted by Crippen LogP contribution is -2.43. The number of likely N-dealkylation sites (tertiary alicyclic amines) is 1. The summed E-state index contributed by atoms with van der Waals surface area (Å²) in [4.78, 5) is 56.9. The van der Waals surface area contributed by atoms with Gasteiger partial charge in [0.15, 0.2) is 5.76 Å². The highest BCUT2D eigenvalue weighted by Gasteiger charge is 2.26. The number of pyridine rings is 1. The lowest BCUT2D eigenvalue weighted by atomic mass is 9.97. The van der Waals surface area contributed by atoms with Crippen LogP contribution in [0.1, 0.15) is 33.8 Å². The molecule has 156 valence electrons. The van der Waals surface area contributed by atoms with Crippen molar-refractivity contribution in [2.45, 2.75) is 12.8 Å². The van der Waals surface area contributed by atoms with Crippen LogP contribution in [0.5, 0.6) is 0 Å². The number of nitrogens with zero attached hydrogens (tertiary/aromatic N) is 3. The first kappa shape index (κ1) is 19.6. The van der Waals surface area contributed by atoms with E-state index in [-0.39, 0.29) is 40.1 Å². The number of aryl methyl sites for hydroxylation is 1. The van der Waals surface area contributed by atoms with E-state index in [1.165, 1.54) is 30.1 Å². The third-order valence-corrected chi connectivity index (χ3v) is 5.30. The van der Waals surface area contributed by atoms with Crippen molar-refractivity contribution in [2.24, 2.45) is 13.0 Å². The second-order valence-corrected chi connectivity index (χ2v) is 7.36. The van der Waals surface area contributed by atoms with Gasteiger partial charge in [0, 0.05) is 32.9 Å². The zero-order chi connectivity index (χ0) is 21.3. The summed E-state index contributed by atoms with van der Waals surface area (Å²) in [5.41, 5.74) is -0.633. The highest BCUT2D eigenvalue weighted by atomic mass is 16.3. The van der Waals surface area contributed by atoms with E-state index in [9.17, 15) is 19.2 Å². The number of amides is 2. The maximum absolute atomic E-state index is 13.0. The lowest BCUT2D eigenvalue weighted by molar-refractivity contribution is 0.0669. The number of aromatic nitrogens is 3. The average molecular weight is 411 g/mol. The number of hydrogen-bond acceptors (Lipinski definition) is 6. The Balaban J connectivity index is 1.47. The number of furan rings is 1. The van der Waals surface area contributed by atoms with Crippen LogP contribution in [-0.4, -0.2) is 50.9 Å². The Hall–Kier alpha value is -3.69. The number of carbonyl (C=O) groups is 2. The first-order chi connectivity index (χ1) is 14.4. The Morgan fingerprint density at radius 1 is 1.37 bits per heavy atom. The van der Waals surface area contributed by atoms with Gasteiger partial charge in [-0.1, -0.05) is 0 Å². The van der Waals surface area contributed by atoms with Crippen LogP contribution >= 0.6 is 0 Å². The lowest BCUT2D eigenvalue weighted by Gasteiger charge is -2.32. The number of piperidine rings is 1. The Morgan fingerprint density at radius 2 is 2.20 bits per heavy atom. The molecule has 0 radical (unpaired) electrons. The SMILES string of the molecule is Cn1c(=O)[nH]c(=O)c2cc(C(=O)N3CCCC(CNC(=O)c4ccco4)C3)cnc21. The van der Waals surface area contributed by atoms with Gasteiger partial charge >= 0.3 is 5.69 Å². The minimum Gasteiger partial charge on any atom is -0.459 e. The molecule has 1 fully saturated rings. The van der Waals surface area contributed by atoms with Gasteiger partial charge in [0.05, 0.1) is 17.2 Å². The molecule has 0 aromatic carbocycles. The van der Waals surface area contributed by atoms with Crippen molar-refractivity contribution in [3.63, 3.8) is 0 Å². The largest absolute Gasteiger partial charge is 0.459 e. The summed E-state index contributed by atoms with van der Waals surface area (Å²) in [5.74, 6) is -0.161. The number of hydrogen-bond donors (Lipinski definition) is 2. The van der Waals surface area contributed by atoms with Gasteiger partial charge in [-0.05, 0) is 37.0 Å². The molecule has 10 heteroatoms. The van der Waals surface area contributed by atoms with Gasteiger partial charge in [-0.3, -0.25) is 23.9 Å². The Kier molecular flexibility index (Phi) is 5.21. The van der Waals surface area contributed by atoms with E-state index in [2.05, 4.69) is 15.3 Å². The van der Waals surface area contributed by atoms with Crippen LogP contribution in [0.4, 0.5) is 0 Å². The smallest absolute Gasteiger partial charge is 0.329 e. The fraction of sp³-hybridized carbons (Fsp3) is 0.350. The van der Waals surface area contributed by atoms with Gasteiger partial charge in [0.25, 0.3) is 17.4 Å². The fourth-order valence-corrected chi connectivity index (χ4v) is 3.68. The molecule has 2 amide bonds. The van der Waals surface area contributed by atoms with Crippen LogP contribution in [0.3, 0.4) is 0 Å². The van der Waals surface area contributed by atoms with Gasteiger partial charge in [0.2, 0.25) is 0 Å². The third kappa shape index (κ3) is 3.76. The number of aromatic amines is 1. The molecular weight excluding hydrogens is 390 g/mol. The molecule has 0 aliphatic carbocycles. The molecule has 3 aromatic heterocycles. The molecule has 3 aromatic rings. The second kappa shape index (κ2) is 7.97. The summed E-state index contributed by atoms with van der Waals surface area (Å²) in [7, 11) is 1.50. The maximum Gasteiger partial charge on any atom is 0.329 e. The molecule has 4 rings (SSSR count). The topological polar surface area (TPSA) is 130 Å². The molecule has 2 N–H and O–H groups in total. The van der Waals surface area contributed by atoms with E-state index in [1.807, 2.05) is 0 Å². The molecule has 4 heterocycles. The van der Waals surface area contributed by atoms with Gasteiger partial charge in [-0.15, -0.1) is 0 Å². The zero-order valence-corrected chi connectivity index (χ0v) is 16.4. The fourth-order valence-electron chi connectivity index (χ4n) is 3.68. The van der Waals surface area contributed by atoms with E-state index in [4.69, 9.17) is 4.42 Å². The van der Waals surface area contributed by atoms with E-state index in [0.29, 0.717) is 19.6 Å². The van der Waals surface area contributed by atoms with Gasteiger partial charge < -0.3 is 14.6 Å². The summed E-state index contributed by atoms with van der Waals surface area (Å²) < 4.78 is 6.31. The second-order valence-electron chi connectivity index (χ2n) is 7.36. The predicted octanol–water partition coefficient (Wildman–Crippen LogP) is 0.497. The molecule has 1 aliphatic rings. The van der Waals surface area contributed by atoms with Crippen molar-refractivity contribution in [1.29, 1.82) is 0 Å². The molecule has 0 spiro atoms. The Bertz CT molecular complexity index is 1210. The predicted molar refractivity (Wildman–Crippen MR) is 107 cm³/mol. The third-order valence-electron chi connectivity index (χ3n) is 5.30. The molecule has 10 nitrogen and oxygen atoms in total. The van der Waals surface area contributed by atoms with Crippen molar-refractivity contribution >= 4 is 22.8 Å². The normalized spacial score (nSPS) is 16.6. The average Bonchev–Trinajstić information content (AvgIpc) is 3.30. The first-order valence-electron chi connectivity index (χ1n) is 9.64. The highest BCUT2D eigenvalue weighted by molar-refractivity contribution is 5.96. The molecule has 1 aliphatic heterocycles. The van der Waals surface area contributed by atoms with Crippen molar-refractivity contribution in [2.75, 3.05) is 19.6 Å². The Morgan fingerprint density at radius 3 is 2.97 bits per heavy atom. The monoisotopic (exact) mass is 411 g/mol. The van der Waals surface area contributed by atoms with Gasteiger partial charge in [-0.25, -0.2) is 9.78 Å². The van der Waals surface area contributed by atoms with E-state index < -0.39 is 11.2 Å².